The molecule has 4 heteroatoms. The summed E-state index contributed by atoms with van der Waals surface area (Å²) in [6.45, 7) is 0. The van der Waals surface area contributed by atoms with Gasteiger partial charge in [0.25, 0.3) is 0 Å². The molecule has 0 bridgehead atoms. The quantitative estimate of drug-likeness (QED) is 0.168. The van der Waals surface area contributed by atoms with Crippen molar-refractivity contribution in [1.29, 1.82) is 0 Å². The van der Waals surface area contributed by atoms with Crippen LogP contribution in [0.25, 0.3) is 115 Å². The van der Waals surface area contributed by atoms with Crippen molar-refractivity contribution in [3.63, 3.8) is 0 Å². The molecule has 0 unspecified atom stereocenters. The molecule has 0 spiro atoms. The first-order valence-electron chi connectivity index (χ1n) is 18.9. The van der Waals surface area contributed by atoms with Crippen LogP contribution < -0.4 is 0 Å². The molecule has 9 aromatic carbocycles. The molecule has 0 aliphatic carbocycles. The first kappa shape index (κ1) is 29.1. The van der Waals surface area contributed by atoms with Crippen LogP contribution >= 0.6 is 0 Å². The van der Waals surface area contributed by atoms with Crippen LogP contribution in [0.2, 0.25) is 0 Å². The number of benzene rings is 9. The van der Waals surface area contributed by atoms with Crippen LogP contribution in [-0.4, -0.2) is 18.7 Å². The van der Waals surface area contributed by atoms with E-state index in [1.807, 2.05) is 6.20 Å². The summed E-state index contributed by atoms with van der Waals surface area (Å²) in [5.41, 5.74) is 11.7. The number of hydrogen-bond acceptors (Lipinski definition) is 1. The summed E-state index contributed by atoms with van der Waals surface area (Å²) >= 11 is 0. The van der Waals surface area contributed by atoms with Crippen LogP contribution in [0.5, 0.6) is 0 Å². The van der Waals surface area contributed by atoms with Crippen molar-refractivity contribution in [1.82, 2.24) is 18.7 Å². The highest BCUT2D eigenvalue weighted by Crippen LogP contribution is 2.42. The topological polar surface area (TPSA) is 27.7 Å². The lowest BCUT2D eigenvalue weighted by Crippen LogP contribution is -1.97. The number of aromatic nitrogens is 4. The molecule has 55 heavy (non-hydrogen) atoms. The summed E-state index contributed by atoms with van der Waals surface area (Å²) in [5.74, 6) is 0.919. The minimum Gasteiger partial charge on any atom is -0.309 e. The van der Waals surface area contributed by atoms with Gasteiger partial charge in [0.1, 0.15) is 5.82 Å². The molecule has 0 N–H and O–H groups in total. The summed E-state index contributed by atoms with van der Waals surface area (Å²) < 4.78 is 7.15. The Kier molecular flexibility index (Phi) is 5.60. The number of para-hydroxylation sites is 1. The Morgan fingerprint density at radius 2 is 0.800 bits per heavy atom. The monoisotopic (exact) mass is 698 g/mol. The number of fused-ring (bicyclic) bond motifs is 3. The molecule has 0 fully saturated rings. The molecule has 13 aromatic rings. The maximum atomic E-state index is 5.13. The van der Waals surface area contributed by atoms with Crippen molar-refractivity contribution in [3.05, 3.63) is 182 Å². The van der Waals surface area contributed by atoms with Crippen LogP contribution in [-0.2, 0) is 0 Å². The third kappa shape index (κ3) is 3.87. The minimum absolute atomic E-state index is 0.919. The molecular formula is C51H30N4. The molecule has 0 amide bonds. The summed E-state index contributed by atoms with van der Waals surface area (Å²) in [6.07, 6.45) is 2.03. The van der Waals surface area contributed by atoms with Crippen molar-refractivity contribution >= 4 is 87.0 Å². The van der Waals surface area contributed by atoms with Crippen LogP contribution in [0.4, 0.5) is 0 Å². The third-order valence-electron chi connectivity index (χ3n) is 12.0. The normalized spacial score (nSPS) is 12.4. The maximum absolute atomic E-state index is 5.13. The Labute approximate surface area is 315 Å². The van der Waals surface area contributed by atoms with Gasteiger partial charge >= 0.3 is 0 Å². The first-order chi connectivity index (χ1) is 27.3. The molecule has 254 valence electrons. The van der Waals surface area contributed by atoms with Gasteiger partial charge in [-0.2, -0.15) is 0 Å². The van der Waals surface area contributed by atoms with E-state index in [4.69, 9.17) is 4.98 Å². The van der Waals surface area contributed by atoms with Crippen LogP contribution in [0.15, 0.2) is 182 Å². The third-order valence-corrected chi connectivity index (χ3v) is 12.0. The maximum Gasteiger partial charge on any atom is 0.137 e. The highest BCUT2D eigenvalue weighted by atomic mass is 15.1. The molecule has 0 saturated heterocycles. The van der Waals surface area contributed by atoms with E-state index in [1.54, 1.807) is 0 Å². The smallest absolute Gasteiger partial charge is 0.137 e. The molecule has 4 heterocycles. The zero-order chi connectivity index (χ0) is 35.8. The Morgan fingerprint density at radius 1 is 0.309 bits per heavy atom. The lowest BCUT2D eigenvalue weighted by molar-refractivity contribution is 1.08. The number of nitrogens with zero attached hydrogens (tertiary/aromatic N) is 4. The van der Waals surface area contributed by atoms with Gasteiger partial charge in [0.2, 0.25) is 0 Å². The highest BCUT2D eigenvalue weighted by Gasteiger charge is 2.20. The van der Waals surface area contributed by atoms with E-state index in [1.165, 1.54) is 87.0 Å². The predicted octanol–water partition coefficient (Wildman–Crippen LogP) is 13.2. The van der Waals surface area contributed by atoms with Crippen LogP contribution in [0.3, 0.4) is 0 Å². The van der Waals surface area contributed by atoms with E-state index in [2.05, 4.69) is 190 Å². The second kappa shape index (κ2) is 10.6. The van der Waals surface area contributed by atoms with Gasteiger partial charge < -0.3 is 9.13 Å². The Morgan fingerprint density at radius 3 is 1.35 bits per heavy atom. The molecule has 0 radical (unpaired) electrons. The van der Waals surface area contributed by atoms with Crippen molar-refractivity contribution in [3.8, 4) is 28.3 Å². The molecule has 0 aliphatic heterocycles. The van der Waals surface area contributed by atoms with Gasteiger partial charge in [0.15, 0.2) is 0 Å². The lowest BCUT2D eigenvalue weighted by Gasteiger charge is -2.10. The minimum atomic E-state index is 0.919. The van der Waals surface area contributed by atoms with E-state index < -0.39 is 0 Å². The van der Waals surface area contributed by atoms with Crippen LogP contribution in [0.1, 0.15) is 0 Å². The zero-order valence-corrected chi connectivity index (χ0v) is 29.6. The summed E-state index contributed by atoms with van der Waals surface area (Å²) in [5, 5.41) is 12.7. The molecule has 0 aliphatic rings. The average Bonchev–Trinajstić information content (AvgIpc) is 3.89. The van der Waals surface area contributed by atoms with Gasteiger partial charge in [-0.15, -0.1) is 0 Å². The van der Waals surface area contributed by atoms with Crippen molar-refractivity contribution in [2.75, 3.05) is 0 Å². The number of rotatable bonds is 4. The summed E-state index contributed by atoms with van der Waals surface area (Å²) in [4.78, 5) is 5.13. The van der Waals surface area contributed by atoms with Gasteiger partial charge in [-0.25, -0.2) is 4.98 Å². The van der Waals surface area contributed by atoms with E-state index in [9.17, 15) is 0 Å². The summed E-state index contributed by atoms with van der Waals surface area (Å²) in [6, 6.07) is 64.3. The first-order valence-corrected chi connectivity index (χ1v) is 18.9. The van der Waals surface area contributed by atoms with Gasteiger partial charge in [-0.05, 0) is 106 Å². The fourth-order valence-electron chi connectivity index (χ4n) is 9.64. The SMILES string of the molecule is c1ccc(-n2c3ccc(-c4ccc(-n5c6cccc7ccc8cccc5c8c76)nc4)cc3c3cc(-n4c5cccc6ccc7cccc4c7c65)ccc32)cc1. The molecule has 4 aromatic heterocycles. The van der Waals surface area contributed by atoms with E-state index in [0.29, 0.717) is 0 Å². The summed E-state index contributed by atoms with van der Waals surface area (Å²) in [7, 11) is 0. The average molecular weight is 699 g/mol. The molecule has 0 atom stereocenters. The van der Waals surface area contributed by atoms with Gasteiger partial charge in [0.05, 0.1) is 33.1 Å². The second-order valence-corrected chi connectivity index (χ2v) is 14.8. The Hall–Kier alpha value is -7.43. The molecular weight excluding hydrogens is 669 g/mol. The largest absolute Gasteiger partial charge is 0.309 e. The Bertz CT molecular complexity index is 3500. The van der Waals surface area contributed by atoms with Gasteiger partial charge in [0, 0.05) is 55.5 Å². The molecule has 0 saturated carbocycles. The Balaban J connectivity index is 1.01. The zero-order valence-electron chi connectivity index (χ0n) is 29.6. The van der Waals surface area contributed by atoms with Gasteiger partial charge in [-0.1, -0.05) is 97.1 Å². The fraction of sp³-hybridized carbons (Fsp3) is 0. The van der Waals surface area contributed by atoms with Crippen molar-refractivity contribution in [2.24, 2.45) is 0 Å². The van der Waals surface area contributed by atoms with E-state index >= 15 is 0 Å². The van der Waals surface area contributed by atoms with Gasteiger partial charge in [-0.3, -0.25) is 4.57 Å². The van der Waals surface area contributed by atoms with Crippen molar-refractivity contribution in [2.45, 2.75) is 0 Å². The predicted molar refractivity (Wildman–Crippen MR) is 230 cm³/mol. The van der Waals surface area contributed by atoms with E-state index in [0.717, 1.165) is 28.3 Å². The number of pyridine rings is 1. The standard InChI is InChI=1S/C51H30N4/c1-2-12-37(13-3-1)53-41-25-22-35(36-23-27-47(52-30-36)55-45-16-6-10-33-20-21-34-11-7-17-46(55)51(34)50(33)45)28-39(41)40-29-38(24-26-42(40)53)54-43-14-4-8-31-18-19-32-9-5-15-44(54)49(32)48(31)43/h1-30H. The fourth-order valence-corrected chi connectivity index (χ4v) is 9.64. The lowest BCUT2D eigenvalue weighted by atomic mass is 10.0. The van der Waals surface area contributed by atoms with Crippen molar-refractivity contribution < 1.29 is 0 Å². The molecule has 4 nitrogen and oxygen atoms in total. The second-order valence-electron chi connectivity index (χ2n) is 14.8. The van der Waals surface area contributed by atoms with Crippen LogP contribution in [0, 0.1) is 0 Å². The van der Waals surface area contributed by atoms with E-state index in [-0.39, 0.29) is 0 Å². The highest BCUT2D eigenvalue weighted by molar-refractivity contribution is 6.25. The number of hydrogen-bond donors (Lipinski definition) is 0. The molecule has 13 rings (SSSR count).